The minimum atomic E-state index is 0.308. The van der Waals surface area contributed by atoms with Crippen molar-refractivity contribution in [3.8, 4) is 5.75 Å². The average Bonchev–Trinajstić information content (AvgIpc) is 2.11. The van der Waals surface area contributed by atoms with Crippen molar-refractivity contribution >= 4 is 23.2 Å². The lowest BCUT2D eigenvalue weighted by molar-refractivity contribution is 0.102. The van der Waals surface area contributed by atoms with Crippen LogP contribution in [0.2, 0.25) is 10.0 Å². The number of rotatable bonds is 4. The highest BCUT2D eigenvalue weighted by atomic mass is 35.5. The number of hydrogen-bond donors (Lipinski definition) is 1. The fraction of sp³-hybridized carbons (Fsp3) is 0.250. The molecule has 0 heterocycles. The average molecular weight is 222 g/mol. The summed E-state index contributed by atoms with van der Waals surface area (Å²) in [6.07, 6.45) is 0. The molecule has 72 valence electrons. The van der Waals surface area contributed by atoms with Crippen molar-refractivity contribution in [2.24, 2.45) is 5.90 Å². The molecule has 2 N–H and O–H groups in total. The van der Waals surface area contributed by atoms with Gasteiger partial charge in [-0.25, -0.2) is 5.90 Å². The summed E-state index contributed by atoms with van der Waals surface area (Å²) in [5.74, 6) is 5.36. The highest BCUT2D eigenvalue weighted by molar-refractivity contribution is 6.34. The van der Waals surface area contributed by atoms with E-state index in [1.54, 1.807) is 18.2 Å². The summed E-state index contributed by atoms with van der Waals surface area (Å²) in [5.41, 5.74) is 0. The number of ether oxygens (including phenoxy) is 1. The van der Waals surface area contributed by atoms with E-state index in [1.807, 2.05) is 0 Å². The van der Waals surface area contributed by atoms with Crippen molar-refractivity contribution in [1.82, 2.24) is 0 Å². The third kappa shape index (κ3) is 3.40. The maximum absolute atomic E-state index is 5.82. The van der Waals surface area contributed by atoms with E-state index in [0.29, 0.717) is 29.0 Å². The van der Waals surface area contributed by atoms with Crippen LogP contribution >= 0.6 is 23.2 Å². The Balaban J connectivity index is 2.59. The first-order chi connectivity index (χ1) is 6.24. The second kappa shape index (κ2) is 5.29. The maximum Gasteiger partial charge on any atom is 0.139 e. The molecule has 0 saturated carbocycles. The Morgan fingerprint density at radius 2 is 2.00 bits per heavy atom. The van der Waals surface area contributed by atoms with Crippen LogP contribution in [0.1, 0.15) is 0 Å². The molecule has 0 fully saturated rings. The summed E-state index contributed by atoms with van der Waals surface area (Å²) in [6.45, 7) is 0.652. The largest absolute Gasteiger partial charge is 0.489 e. The van der Waals surface area contributed by atoms with Gasteiger partial charge < -0.3 is 9.57 Å². The van der Waals surface area contributed by atoms with Crippen molar-refractivity contribution in [2.45, 2.75) is 0 Å². The molecule has 3 nitrogen and oxygen atoms in total. The molecule has 0 radical (unpaired) electrons. The van der Waals surface area contributed by atoms with Crippen molar-refractivity contribution in [2.75, 3.05) is 13.2 Å². The first kappa shape index (κ1) is 10.6. The van der Waals surface area contributed by atoms with Gasteiger partial charge in [-0.05, 0) is 12.1 Å². The summed E-state index contributed by atoms with van der Waals surface area (Å²) < 4.78 is 5.24. The molecule has 5 heteroatoms. The topological polar surface area (TPSA) is 44.5 Å². The molecule has 0 atom stereocenters. The smallest absolute Gasteiger partial charge is 0.139 e. The van der Waals surface area contributed by atoms with Crippen molar-refractivity contribution in [1.29, 1.82) is 0 Å². The molecular formula is C8H9Cl2NO2. The fourth-order valence-corrected chi connectivity index (χ4v) is 1.12. The fourth-order valence-electron chi connectivity index (χ4n) is 0.788. The van der Waals surface area contributed by atoms with Gasteiger partial charge in [0.2, 0.25) is 0 Å². The van der Waals surface area contributed by atoms with Crippen LogP contribution in [-0.4, -0.2) is 13.2 Å². The molecular weight excluding hydrogens is 213 g/mol. The minimum absolute atomic E-state index is 0.308. The summed E-state index contributed by atoms with van der Waals surface area (Å²) in [5, 5.41) is 1.09. The van der Waals surface area contributed by atoms with Crippen molar-refractivity contribution < 1.29 is 9.57 Å². The Kier molecular flexibility index (Phi) is 4.32. The molecule has 0 amide bonds. The molecule has 1 aromatic carbocycles. The lowest BCUT2D eigenvalue weighted by Gasteiger charge is -2.06. The number of hydrogen-bond acceptors (Lipinski definition) is 3. The molecule has 0 aliphatic rings. The van der Waals surface area contributed by atoms with Gasteiger partial charge in [-0.3, -0.25) is 0 Å². The normalized spacial score (nSPS) is 10.1. The minimum Gasteiger partial charge on any atom is -0.489 e. The van der Waals surface area contributed by atoms with Gasteiger partial charge in [0, 0.05) is 11.1 Å². The number of nitrogens with two attached hydrogens (primary N) is 1. The first-order valence-electron chi connectivity index (χ1n) is 3.63. The Morgan fingerprint density at radius 3 is 2.69 bits per heavy atom. The zero-order valence-electron chi connectivity index (χ0n) is 6.80. The SMILES string of the molecule is NOCCOc1cc(Cl)ccc1Cl. The Morgan fingerprint density at radius 1 is 1.23 bits per heavy atom. The number of halogens is 2. The Bertz CT molecular complexity index is 281. The van der Waals surface area contributed by atoms with Crippen LogP contribution < -0.4 is 10.6 Å². The molecule has 0 aromatic heterocycles. The predicted molar refractivity (Wildman–Crippen MR) is 52.1 cm³/mol. The van der Waals surface area contributed by atoms with E-state index < -0.39 is 0 Å². The zero-order valence-corrected chi connectivity index (χ0v) is 8.31. The highest BCUT2D eigenvalue weighted by Crippen LogP contribution is 2.27. The van der Waals surface area contributed by atoms with E-state index in [2.05, 4.69) is 4.84 Å². The third-order valence-corrected chi connectivity index (χ3v) is 1.90. The van der Waals surface area contributed by atoms with Crippen molar-refractivity contribution in [3.05, 3.63) is 28.2 Å². The number of benzene rings is 1. The Hall–Kier alpha value is -0.480. The summed E-state index contributed by atoms with van der Waals surface area (Å²) in [4.78, 5) is 4.33. The molecule has 0 spiro atoms. The molecule has 0 unspecified atom stereocenters. The van der Waals surface area contributed by atoms with E-state index in [4.69, 9.17) is 33.8 Å². The monoisotopic (exact) mass is 221 g/mol. The van der Waals surface area contributed by atoms with Gasteiger partial charge in [0.15, 0.2) is 0 Å². The van der Waals surface area contributed by atoms with Gasteiger partial charge in [0.05, 0.1) is 5.02 Å². The lowest BCUT2D eigenvalue weighted by atomic mass is 10.3. The van der Waals surface area contributed by atoms with Crippen LogP contribution in [0.25, 0.3) is 0 Å². The molecule has 1 aromatic rings. The van der Waals surface area contributed by atoms with Gasteiger partial charge in [-0.15, -0.1) is 0 Å². The van der Waals surface area contributed by atoms with E-state index in [1.165, 1.54) is 0 Å². The standard InChI is InChI=1S/C8H9Cl2NO2/c9-6-1-2-7(10)8(5-6)12-3-4-13-11/h1-2,5H,3-4,11H2. The second-order valence-corrected chi connectivity index (χ2v) is 3.14. The van der Waals surface area contributed by atoms with E-state index in [-0.39, 0.29) is 0 Å². The van der Waals surface area contributed by atoms with Gasteiger partial charge >= 0.3 is 0 Å². The summed E-state index contributed by atoms with van der Waals surface area (Å²) in [6, 6.07) is 5.00. The van der Waals surface area contributed by atoms with Crippen LogP contribution in [0.4, 0.5) is 0 Å². The van der Waals surface area contributed by atoms with Gasteiger partial charge in [0.1, 0.15) is 19.0 Å². The summed E-state index contributed by atoms with van der Waals surface area (Å²) in [7, 11) is 0. The van der Waals surface area contributed by atoms with Crippen LogP contribution in [-0.2, 0) is 4.84 Å². The van der Waals surface area contributed by atoms with Gasteiger partial charge in [0.25, 0.3) is 0 Å². The molecule has 0 aliphatic heterocycles. The lowest BCUT2D eigenvalue weighted by Crippen LogP contribution is -2.10. The predicted octanol–water partition coefficient (Wildman–Crippen LogP) is 2.26. The van der Waals surface area contributed by atoms with Crippen LogP contribution in [0.5, 0.6) is 5.75 Å². The van der Waals surface area contributed by atoms with Crippen LogP contribution in [0.3, 0.4) is 0 Å². The highest BCUT2D eigenvalue weighted by Gasteiger charge is 2.01. The van der Waals surface area contributed by atoms with Crippen LogP contribution in [0, 0.1) is 0 Å². The van der Waals surface area contributed by atoms with Gasteiger partial charge in [-0.2, -0.15) is 0 Å². The van der Waals surface area contributed by atoms with Crippen LogP contribution in [0.15, 0.2) is 18.2 Å². The first-order valence-corrected chi connectivity index (χ1v) is 4.39. The molecule has 0 bridgehead atoms. The molecule has 13 heavy (non-hydrogen) atoms. The maximum atomic E-state index is 5.82. The van der Waals surface area contributed by atoms with Crippen molar-refractivity contribution in [3.63, 3.8) is 0 Å². The molecule has 0 saturated heterocycles. The summed E-state index contributed by atoms with van der Waals surface area (Å²) >= 11 is 11.6. The van der Waals surface area contributed by atoms with E-state index in [0.717, 1.165) is 0 Å². The molecule has 1 rings (SSSR count). The third-order valence-electron chi connectivity index (χ3n) is 1.35. The Labute approximate surface area is 86.3 Å². The second-order valence-electron chi connectivity index (χ2n) is 2.29. The quantitative estimate of drug-likeness (QED) is 0.627. The molecule has 0 aliphatic carbocycles. The van der Waals surface area contributed by atoms with Gasteiger partial charge in [-0.1, -0.05) is 23.2 Å². The zero-order chi connectivity index (χ0) is 9.68. The van der Waals surface area contributed by atoms with E-state index in [9.17, 15) is 0 Å². The van der Waals surface area contributed by atoms with E-state index >= 15 is 0 Å².